The molecule has 6 heteroatoms. The van der Waals surface area contributed by atoms with Crippen LogP contribution in [0.25, 0.3) is 0 Å². The van der Waals surface area contributed by atoms with Crippen molar-refractivity contribution in [3.05, 3.63) is 24.3 Å². The van der Waals surface area contributed by atoms with E-state index in [4.69, 9.17) is 14.2 Å². The van der Waals surface area contributed by atoms with E-state index in [1.54, 1.807) is 0 Å². The van der Waals surface area contributed by atoms with Crippen LogP contribution in [0, 0.1) is 0 Å². The zero-order chi connectivity index (χ0) is 59.2. The van der Waals surface area contributed by atoms with Gasteiger partial charge in [0.2, 0.25) is 0 Å². The fraction of sp³-hybridized carbons (Fsp3) is 0.908. The molecule has 0 aromatic heterocycles. The topological polar surface area (TPSA) is 78.9 Å². The Balaban J connectivity index is 4.28. The van der Waals surface area contributed by atoms with Gasteiger partial charge in [-0.25, -0.2) is 0 Å². The zero-order valence-corrected chi connectivity index (χ0v) is 55.8. The lowest BCUT2D eigenvalue weighted by Gasteiger charge is -2.18. The second-order valence-electron chi connectivity index (χ2n) is 25.6. The molecule has 0 spiro atoms. The Labute approximate surface area is 513 Å². The quantitative estimate of drug-likeness (QED) is 0.0261. The zero-order valence-electron chi connectivity index (χ0n) is 55.8. The molecule has 0 radical (unpaired) electrons. The van der Waals surface area contributed by atoms with Crippen LogP contribution in [0.3, 0.4) is 0 Å². The van der Waals surface area contributed by atoms with Crippen molar-refractivity contribution in [2.45, 2.75) is 431 Å². The summed E-state index contributed by atoms with van der Waals surface area (Å²) in [7, 11) is 0. The fourth-order valence-electron chi connectivity index (χ4n) is 11.6. The highest BCUT2D eigenvalue weighted by Crippen LogP contribution is 2.19. The second kappa shape index (κ2) is 71.4. The average molecular weight is 1150 g/mol. The molecule has 0 rings (SSSR count). The molecule has 0 bridgehead atoms. The third-order valence-corrected chi connectivity index (χ3v) is 17.2. The van der Waals surface area contributed by atoms with Crippen LogP contribution in [0.15, 0.2) is 24.3 Å². The number of unbranched alkanes of at least 4 members (excludes halogenated alkanes) is 55. The Morgan fingerprint density at radius 1 is 0.244 bits per heavy atom. The summed E-state index contributed by atoms with van der Waals surface area (Å²) in [5, 5.41) is 0. The van der Waals surface area contributed by atoms with E-state index in [0.717, 1.165) is 70.6 Å². The van der Waals surface area contributed by atoms with Gasteiger partial charge in [0.25, 0.3) is 0 Å². The van der Waals surface area contributed by atoms with Gasteiger partial charge in [-0.3, -0.25) is 14.4 Å². The molecular weight excluding hydrogens is 1010 g/mol. The Morgan fingerprint density at radius 2 is 0.439 bits per heavy atom. The Kier molecular flexibility index (Phi) is 69.5. The van der Waals surface area contributed by atoms with Crippen LogP contribution in [0.5, 0.6) is 0 Å². The van der Waals surface area contributed by atoms with Gasteiger partial charge < -0.3 is 14.2 Å². The summed E-state index contributed by atoms with van der Waals surface area (Å²) in [6.45, 7) is 6.72. The minimum Gasteiger partial charge on any atom is -0.462 e. The van der Waals surface area contributed by atoms with Gasteiger partial charge in [-0.15, -0.1) is 0 Å². The Morgan fingerprint density at radius 3 is 0.683 bits per heavy atom. The second-order valence-corrected chi connectivity index (χ2v) is 25.6. The molecular formula is C76H144O6. The summed E-state index contributed by atoms with van der Waals surface area (Å²) in [6.07, 6.45) is 87.9. The first-order valence-corrected chi connectivity index (χ1v) is 37.3. The number of carbonyl (C=O) groups is 3. The molecule has 0 saturated heterocycles. The van der Waals surface area contributed by atoms with Crippen LogP contribution < -0.4 is 0 Å². The Bertz CT molecular complexity index is 1320. The monoisotopic (exact) mass is 1150 g/mol. The SMILES string of the molecule is CCCCCC/C=C\C/C=C\CCCCCCCCCC(=O)OCC(COC(=O)CCCCCCCCCCCCCCCCCCCCCCCCCC)OC(=O)CCCCCCCCCCCCCCCCCCCCCCCC. The summed E-state index contributed by atoms with van der Waals surface area (Å²) in [4.78, 5) is 38.5. The van der Waals surface area contributed by atoms with E-state index >= 15 is 0 Å². The number of hydrogen-bond donors (Lipinski definition) is 0. The van der Waals surface area contributed by atoms with Crippen molar-refractivity contribution >= 4 is 17.9 Å². The first-order chi connectivity index (χ1) is 40.5. The van der Waals surface area contributed by atoms with Gasteiger partial charge >= 0.3 is 17.9 Å². The molecule has 0 aromatic rings. The van der Waals surface area contributed by atoms with Crippen molar-refractivity contribution in [2.75, 3.05) is 13.2 Å². The molecule has 0 aromatic carbocycles. The molecule has 0 amide bonds. The molecule has 484 valence electrons. The number of esters is 3. The maximum absolute atomic E-state index is 13.0. The van der Waals surface area contributed by atoms with E-state index in [9.17, 15) is 14.4 Å². The minimum atomic E-state index is -0.772. The van der Waals surface area contributed by atoms with E-state index in [-0.39, 0.29) is 31.1 Å². The summed E-state index contributed by atoms with van der Waals surface area (Å²) in [5.74, 6) is -0.837. The number of rotatable bonds is 70. The summed E-state index contributed by atoms with van der Waals surface area (Å²) in [5.41, 5.74) is 0. The van der Waals surface area contributed by atoms with Crippen molar-refractivity contribution in [2.24, 2.45) is 0 Å². The van der Waals surface area contributed by atoms with E-state index in [2.05, 4.69) is 45.1 Å². The van der Waals surface area contributed by atoms with Gasteiger partial charge in [0.05, 0.1) is 0 Å². The van der Waals surface area contributed by atoms with Crippen LogP contribution in [0.1, 0.15) is 425 Å². The molecule has 0 fully saturated rings. The lowest BCUT2D eigenvalue weighted by Crippen LogP contribution is -2.30. The molecule has 0 N–H and O–H groups in total. The highest BCUT2D eigenvalue weighted by molar-refractivity contribution is 5.71. The smallest absolute Gasteiger partial charge is 0.306 e. The summed E-state index contributed by atoms with van der Waals surface area (Å²) in [6, 6.07) is 0. The highest BCUT2D eigenvalue weighted by atomic mass is 16.6. The van der Waals surface area contributed by atoms with Crippen LogP contribution in [-0.2, 0) is 28.6 Å². The van der Waals surface area contributed by atoms with Gasteiger partial charge in [-0.1, -0.05) is 379 Å². The molecule has 1 unspecified atom stereocenters. The van der Waals surface area contributed by atoms with Crippen molar-refractivity contribution in [3.8, 4) is 0 Å². The molecule has 0 aliphatic rings. The third-order valence-electron chi connectivity index (χ3n) is 17.2. The van der Waals surface area contributed by atoms with Gasteiger partial charge in [0.1, 0.15) is 13.2 Å². The van der Waals surface area contributed by atoms with Crippen LogP contribution in [-0.4, -0.2) is 37.2 Å². The normalized spacial score (nSPS) is 12.1. The van der Waals surface area contributed by atoms with E-state index in [0.29, 0.717) is 19.3 Å². The number of carbonyl (C=O) groups excluding carboxylic acids is 3. The standard InChI is InChI=1S/C76H144O6/c1-4-7-10-13-16-19-22-25-28-31-34-36-38-39-41-42-45-48-51-54-57-60-63-66-69-75(78)81-72-73(71-80-74(77)68-65-62-59-56-53-50-47-44-33-30-27-24-21-18-15-12-9-6-3)82-76(79)70-67-64-61-58-55-52-49-46-43-40-37-35-32-29-26-23-20-17-14-11-8-5-2/h21,24,30,33,73H,4-20,22-23,25-29,31-32,34-72H2,1-3H3/b24-21-,33-30-. The lowest BCUT2D eigenvalue weighted by molar-refractivity contribution is -0.167. The molecule has 6 nitrogen and oxygen atoms in total. The number of ether oxygens (including phenoxy) is 3. The molecule has 1 atom stereocenters. The van der Waals surface area contributed by atoms with E-state index < -0.39 is 6.10 Å². The lowest BCUT2D eigenvalue weighted by atomic mass is 10.0. The maximum atomic E-state index is 13.0. The highest BCUT2D eigenvalue weighted by Gasteiger charge is 2.20. The first kappa shape index (κ1) is 79.9. The minimum absolute atomic E-state index is 0.0668. The third kappa shape index (κ3) is 68.7. The molecule has 0 saturated carbocycles. The fourth-order valence-corrected chi connectivity index (χ4v) is 11.6. The first-order valence-electron chi connectivity index (χ1n) is 37.3. The summed E-state index contributed by atoms with van der Waals surface area (Å²) >= 11 is 0. The molecule has 0 aliphatic heterocycles. The summed E-state index contributed by atoms with van der Waals surface area (Å²) < 4.78 is 17.0. The van der Waals surface area contributed by atoms with Gasteiger partial charge in [0, 0.05) is 19.3 Å². The van der Waals surface area contributed by atoms with Crippen LogP contribution in [0.4, 0.5) is 0 Å². The van der Waals surface area contributed by atoms with E-state index in [1.165, 1.54) is 315 Å². The van der Waals surface area contributed by atoms with Crippen LogP contribution in [0.2, 0.25) is 0 Å². The van der Waals surface area contributed by atoms with Gasteiger partial charge in [-0.05, 0) is 51.4 Å². The largest absolute Gasteiger partial charge is 0.462 e. The van der Waals surface area contributed by atoms with Crippen LogP contribution >= 0.6 is 0 Å². The van der Waals surface area contributed by atoms with Crippen molar-refractivity contribution in [1.82, 2.24) is 0 Å². The number of hydrogen-bond acceptors (Lipinski definition) is 6. The van der Waals surface area contributed by atoms with Gasteiger partial charge in [-0.2, -0.15) is 0 Å². The van der Waals surface area contributed by atoms with Crippen molar-refractivity contribution in [3.63, 3.8) is 0 Å². The van der Waals surface area contributed by atoms with Crippen molar-refractivity contribution < 1.29 is 28.6 Å². The van der Waals surface area contributed by atoms with Crippen molar-refractivity contribution in [1.29, 1.82) is 0 Å². The predicted octanol–water partition coefficient (Wildman–Crippen LogP) is 25.7. The average Bonchev–Trinajstić information content (AvgIpc) is 3.47. The molecule has 0 aliphatic carbocycles. The van der Waals surface area contributed by atoms with Gasteiger partial charge in [0.15, 0.2) is 6.10 Å². The predicted molar refractivity (Wildman–Crippen MR) is 358 cm³/mol. The van der Waals surface area contributed by atoms with E-state index in [1.807, 2.05) is 0 Å². The Hall–Kier alpha value is -2.11. The molecule has 0 heterocycles. The molecule has 82 heavy (non-hydrogen) atoms. The maximum Gasteiger partial charge on any atom is 0.306 e. The number of allylic oxidation sites excluding steroid dienone is 4.